The molecule has 2 aromatic rings. The second kappa shape index (κ2) is 11.1. The van der Waals surface area contributed by atoms with Crippen LogP contribution in [0.1, 0.15) is 37.5 Å². The molecule has 0 heterocycles. The summed E-state index contributed by atoms with van der Waals surface area (Å²) < 4.78 is 5.87. The first-order valence-corrected chi connectivity index (χ1v) is 9.93. The lowest BCUT2D eigenvalue weighted by Crippen LogP contribution is -2.28. The fraction of sp³-hybridized carbons (Fsp3) is 0.333. The highest BCUT2D eigenvalue weighted by Gasteiger charge is 2.12. The Bertz CT molecular complexity index is 854. The van der Waals surface area contributed by atoms with Crippen molar-refractivity contribution in [3.8, 4) is 5.75 Å². The van der Waals surface area contributed by atoms with Crippen LogP contribution in [0.5, 0.6) is 5.75 Å². The number of aliphatic carboxylic acids is 1. The van der Waals surface area contributed by atoms with Crippen molar-refractivity contribution in [3.63, 3.8) is 0 Å². The second-order valence-electron chi connectivity index (χ2n) is 6.81. The molecule has 0 radical (unpaired) electrons. The van der Waals surface area contributed by atoms with Gasteiger partial charge in [0, 0.05) is 31.1 Å². The van der Waals surface area contributed by atoms with Crippen LogP contribution in [-0.2, 0) is 22.4 Å². The number of likely N-dealkylation sites (N-methyl/N-ethyl adjacent to an activating group) is 1. The Kier molecular flexibility index (Phi) is 8.46. The number of carboxylic acid groups (broad SMARTS) is 1. The van der Waals surface area contributed by atoms with Crippen LogP contribution in [0.25, 0.3) is 5.57 Å². The Hall–Kier alpha value is -3.08. The van der Waals surface area contributed by atoms with Crippen molar-refractivity contribution in [1.29, 1.82) is 0 Å². The molecule has 29 heavy (non-hydrogen) atoms. The molecule has 0 bridgehead atoms. The van der Waals surface area contributed by atoms with Crippen LogP contribution in [0.15, 0.2) is 54.6 Å². The highest BCUT2D eigenvalue weighted by atomic mass is 16.5. The molecule has 0 aliphatic rings. The third kappa shape index (κ3) is 6.79. The summed E-state index contributed by atoms with van der Waals surface area (Å²) in [6.07, 6.45) is 2.21. The van der Waals surface area contributed by atoms with Gasteiger partial charge in [0.2, 0.25) is 5.91 Å². The molecular formula is C24H29NO4. The highest BCUT2D eigenvalue weighted by Crippen LogP contribution is 2.25. The van der Waals surface area contributed by atoms with Crippen LogP contribution in [-0.4, -0.2) is 41.6 Å². The minimum Gasteiger partial charge on any atom is -0.493 e. The van der Waals surface area contributed by atoms with Crippen molar-refractivity contribution in [1.82, 2.24) is 4.90 Å². The van der Waals surface area contributed by atoms with E-state index in [9.17, 15) is 14.7 Å². The molecule has 0 spiro atoms. The van der Waals surface area contributed by atoms with E-state index >= 15 is 0 Å². The second-order valence-corrected chi connectivity index (χ2v) is 6.81. The SMILES string of the molecule is CCN(CC)C(=O)/C=C(/C)c1ccc(OCCc2ccccc2)c(CC(=O)O)c1. The van der Waals surface area contributed by atoms with Crippen LogP contribution in [0, 0.1) is 0 Å². The van der Waals surface area contributed by atoms with Gasteiger partial charge in [-0.3, -0.25) is 9.59 Å². The molecule has 0 saturated carbocycles. The van der Waals surface area contributed by atoms with Gasteiger partial charge in [-0.25, -0.2) is 0 Å². The third-order valence-electron chi connectivity index (χ3n) is 4.76. The molecule has 0 fully saturated rings. The summed E-state index contributed by atoms with van der Waals surface area (Å²) in [6.45, 7) is 7.51. The number of allylic oxidation sites excluding steroid dienone is 1. The van der Waals surface area contributed by atoms with Gasteiger partial charge in [-0.15, -0.1) is 0 Å². The molecule has 0 atom stereocenters. The number of rotatable bonds is 10. The number of hydrogen-bond donors (Lipinski definition) is 1. The van der Waals surface area contributed by atoms with E-state index in [1.807, 2.05) is 57.2 Å². The Morgan fingerprint density at radius 3 is 2.38 bits per heavy atom. The van der Waals surface area contributed by atoms with Crippen molar-refractivity contribution in [3.05, 3.63) is 71.3 Å². The third-order valence-corrected chi connectivity index (χ3v) is 4.76. The molecule has 1 N–H and O–H groups in total. The van der Waals surface area contributed by atoms with E-state index in [0.717, 1.165) is 23.1 Å². The first kappa shape index (κ1) is 22.2. The number of hydrogen-bond acceptors (Lipinski definition) is 3. The predicted molar refractivity (Wildman–Crippen MR) is 115 cm³/mol. The van der Waals surface area contributed by atoms with E-state index < -0.39 is 5.97 Å². The average molecular weight is 395 g/mol. The van der Waals surface area contributed by atoms with Gasteiger partial charge < -0.3 is 14.7 Å². The maximum Gasteiger partial charge on any atom is 0.307 e. The summed E-state index contributed by atoms with van der Waals surface area (Å²) in [5.74, 6) is -0.402. The summed E-state index contributed by atoms with van der Waals surface area (Å²) in [5, 5.41) is 9.28. The topological polar surface area (TPSA) is 66.8 Å². The zero-order valence-corrected chi connectivity index (χ0v) is 17.4. The van der Waals surface area contributed by atoms with Gasteiger partial charge in [0.05, 0.1) is 13.0 Å². The molecule has 0 unspecified atom stereocenters. The lowest BCUT2D eigenvalue weighted by atomic mass is 10.0. The number of nitrogens with zero attached hydrogens (tertiary/aromatic N) is 1. The van der Waals surface area contributed by atoms with Gasteiger partial charge in [-0.2, -0.15) is 0 Å². The summed E-state index contributed by atoms with van der Waals surface area (Å²) in [4.78, 5) is 25.4. The van der Waals surface area contributed by atoms with Crippen molar-refractivity contribution in [2.24, 2.45) is 0 Å². The summed E-state index contributed by atoms with van der Waals surface area (Å²) >= 11 is 0. The van der Waals surface area contributed by atoms with Gasteiger partial charge in [-0.05, 0) is 49.6 Å². The normalized spacial score (nSPS) is 11.2. The quantitative estimate of drug-likeness (QED) is 0.612. The molecular weight excluding hydrogens is 366 g/mol. The molecule has 0 aliphatic heterocycles. The van der Waals surface area contributed by atoms with Crippen LogP contribution in [0.4, 0.5) is 0 Å². The number of carbonyl (C=O) groups excluding carboxylic acids is 1. The number of carbonyl (C=O) groups is 2. The van der Waals surface area contributed by atoms with Gasteiger partial charge in [0.25, 0.3) is 0 Å². The Morgan fingerprint density at radius 1 is 1.07 bits per heavy atom. The van der Waals surface area contributed by atoms with E-state index in [2.05, 4.69) is 0 Å². The van der Waals surface area contributed by atoms with E-state index in [4.69, 9.17) is 4.74 Å². The molecule has 2 aromatic carbocycles. The molecule has 2 rings (SSSR count). The monoisotopic (exact) mass is 395 g/mol. The van der Waals surface area contributed by atoms with Crippen LogP contribution >= 0.6 is 0 Å². The minimum absolute atomic E-state index is 0.0459. The Labute approximate surface area is 172 Å². The Balaban J connectivity index is 2.17. The lowest BCUT2D eigenvalue weighted by molar-refractivity contribution is -0.136. The van der Waals surface area contributed by atoms with Crippen molar-refractivity contribution < 1.29 is 19.4 Å². The number of benzene rings is 2. The minimum atomic E-state index is -0.920. The fourth-order valence-corrected chi connectivity index (χ4v) is 3.09. The number of ether oxygens (including phenoxy) is 1. The summed E-state index contributed by atoms with van der Waals surface area (Å²) in [7, 11) is 0. The molecule has 0 aromatic heterocycles. The van der Waals surface area contributed by atoms with E-state index in [0.29, 0.717) is 31.0 Å². The Morgan fingerprint density at radius 2 is 1.76 bits per heavy atom. The molecule has 1 amide bonds. The van der Waals surface area contributed by atoms with E-state index in [1.54, 1.807) is 23.1 Å². The van der Waals surface area contributed by atoms with Crippen molar-refractivity contribution in [2.45, 2.75) is 33.6 Å². The fourth-order valence-electron chi connectivity index (χ4n) is 3.09. The van der Waals surface area contributed by atoms with Gasteiger partial charge in [0.15, 0.2) is 0 Å². The lowest BCUT2D eigenvalue weighted by Gasteiger charge is -2.17. The highest BCUT2D eigenvalue weighted by molar-refractivity contribution is 5.95. The zero-order chi connectivity index (χ0) is 21.2. The smallest absolute Gasteiger partial charge is 0.307 e. The molecule has 154 valence electrons. The standard InChI is InChI=1S/C24H29NO4/c1-4-25(5-2)23(26)15-18(3)20-11-12-22(21(16-20)17-24(27)28)29-14-13-19-9-7-6-8-10-19/h6-12,15-16H,4-5,13-14,17H2,1-3H3,(H,27,28)/b18-15-. The van der Waals surface area contributed by atoms with E-state index in [-0.39, 0.29) is 12.3 Å². The van der Waals surface area contributed by atoms with Crippen molar-refractivity contribution >= 4 is 17.4 Å². The maximum atomic E-state index is 12.3. The van der Waals surface area contributed by atoms with Crippen molar-refractivity contribution in [2.75, 3.05) is 19.7 Å². The average Bonchev–Trinajstić information content (AvgIpc) is 2.70. The zero-order valence-electron chi connectivity index (χ0n) is 17.4. The van der Waals surface area contributed by atoms with Gasteiger partial charge in [-0.1, -0.05) is 36.4 Å². The van der Waals surface area contributed by atoms with Gasteiger partial charge in [0.1, 0.15) is 5.75 Å². The first-order chi connectivity index (χ1) is 13.9. The summed E-state index contributed by atoms with van der Waals surface area (Å²) in [6, 6.07) is 15.4. The van der Waals surface area contributed by atoms with Gasteiger partial charge >= 0.3 is 5.97 Å². The van der Waals surface area contributed by atoms with Crippen LogP contribution in [0.3, 0.4) is 0 Å². The molecule has 0 saturated heterocycles. The first-order valence-electron chi connectivity index (χ1n) is 9.93. The molecule has 0 aliphatic carbocycles. The summed E-state index contributed by atoms with van der Waals surface area (Å²) in [5.41, 5.74) is 3.38. The van der Waals surface area contributed by atoms with Crippen LogP contribution in [0.2, 0.25) is 0 Å². The van der Waals surface area contributed by atoms with Crippen LogP contribution < -0.4 is 4.74 Å². The molecule has 5 heteroatoms. The predicted octanol–water partition coefficient (Wildman–Crippen LogP) is 4.21. The number of amides is 1. The molecule has 5 nitrogen and oxygen atoms in total. The van der Waals surface area contributed by atoms with E-state index in [1.165, 1.54) is 0 Å². The number of carboxylic acids is 1. The largest absolute Gasteiger partial charge is 0.493 e. The maximum absolute atomic E-state index is 12.3.